The number of carbonyl (C=O) groups is 1. The predicted octanol–water partition coefficient (Wildman–Crippen LogP) is 1.74. The van der Waals surface area contributed by atoms with Crippen molar-refractivity contribution in [3.8, 4) is 0 Å². The highest BCUT2D eigenvalue weighted by molar-refractivity contribution is 7.15. The smallest absolute Gasteiger partial charge is 0.267 e. The van der Waals surface area contributed by atoms with Crippen molar-refractivity contribution in [2.24, 2.45) is 0 Å². The van der Waals surface area contributed by atoms with Crippen LogP contribution in [0.5, 0.6) is 0 Å². The minimum atomic E-state index is -0.318. The van der Waals surface area contributed by atoms with Gasteiger partial charge in [0, 0.05) is 12.0 Å². The molecule has 23 heavy (non-hydrogen) atoms. The van der Waals surface area contributed by atoms with E-state index in [0.29, 0.717) is 5.13 Å². The molecule has 8 heteroatoms. The average Bonchev–Trinajstić information content (AvgIpc) is 2.96. The van der Waals surface area contributed by atoms with Crippen molar-refractivity contribution < 1.29 is 4.79 Å². The van der Waals surface area contributed by atoms with Gasteiger partial charge in [-0.15, -0.1) is 10.2 Å². The first-order chi connectivity index (χ1) is 11.0. The zero-order valence-corrected chi connectivity index (χ0v) is 14.0. The molecule has 122 valence electrons. The molecule has 7 nitrogen and oxygen atoms in total. The molecule has 2 aromatic heterocycles. The van der Waals surface area contributed by atoms with E-state index < -0.39 is 0 Å². The third kappa shape index (κ3) is 3.64. The first-order valence-corrected chi connectivity index (χ1v) is 8.58. The Morgan fingerprint density at radius 2 is 2.13 bits per heavy atom. The van der Waals surface area contributed by atoms with Gasteiger partial charge in [-0.05, 0) is 31.2 Å². The standard InChI is InChI=1S/C15H19N5O2S/c1-9(2)14-17-18-15(23-14)16-12(21)8-20-13(22)7-10-5-3-4-6-11(10)19-20/h7,9H,3-6,8H2,1-2H3,(H,16,18,21). The third-order valence-corrected chi connectivity index (χ3v) is 4.89. The summed E-state index contributed by atoms with van der Waals surface area (Å²) < 4.78 is 1.23. The molecule has 2 heterocycles. The van der Waals surface area contributed by atoms with Crippen LogP contribution in [0.1, 0.15) is 48.9 Å². The first-order valence-electron chi connectivity index (χ1n) is 7.76. The number of hydrogen-bond donors (Lipinski definition) is 1. The fourth-order valence-corrected chi connectivity index (χ4v) is 3.29. The Morgan fingerprint density at radius 1 is 1.35 bits per heavy atom. The number of nitrogens with zero attached hydrogens (tertiary/aromatic N) is 4. The Morgan fingerprint density at radius 3 is 2.87 bits per heavy atom. The van der Waals surface area contributed by atoms with Gasteiger partial charge in [0.15, 0.2) is 0 Å². The topological polar surface area (TPSA) is 89.8 Å². The summed E-state index contributed by atoms with van der Waals surface area (Å²) >= 11 is 1.34. The van der Waals surface area contributed by atoms with Gasteiger partial charge < -0.3 is 0 Å². The van der Waals surface area contributed by atoms with Crippen LogP contribution in [0.15, 0.2) is 10.9 Å². The molecule has 1 amide bonds. The van der Waals surface area contributed by atoms with Gasteiger partial charge in [0.25, 0.3) is 5.56 Å². The van der Waals surface area contributed by atoms with Gasteiger partial charge in [-0.2, -0.15) is 5.10 Å². The quantitative estimate of drug-likeness (QED) is 0.920. The van der Waals surface area contributed by atoms with E-state index in [1.165, 1.54) is 16.0 Å². The van der Waals surface area contributed by atoms with Crippen molar-refractivity contribution in [3.63, 3.8) is 0 Å². The number of rotatable bonds is 4. The average molecular weight is 333 g/mol. The van der Waals surface area contributed by atoms with Crippen molar-refractivity contribution >= 4 is 22.4 Å². The van der Waals surface area contributed by atoms with Crippen molar-refractivity contribution in [1.82, 2.24) is 20.0 Å². The fraction of sp³-hybridized carbons (Fsp3) is 0.533. The highest BCUT2D eigenvalue weighted by Gasteiger charge is 2.16. The lowest BCUT2D eigenvalue weighted by atomic mass is 9.97. The van der Waals surface area contributed by atoms with E-state index in [-0.39, 0.29) is 23.9 Å². The summed E-state index contributed by atoms with van der Waals surface area (Å²) in [6, 6.07) is 1.61. The van der Waals surface area contributed by atoms with Gasteiger partial charge in [-0.3, -0.25) is 14.9 Å². The Bertz CT molecular complexity index is 780. The maximum atomic E-state index is 12.1. The zero-order chi connectivity index (χ0) is 16.4. The summed E-state index contributed by atoms with van der Waals surface area (Å²) in [6.07, 6.45) is 3.93. The van der Waals surface area contributed by atoms with Crippen LogP contribution in [-0.4, -0.2) is 25.9 Å². The number of nitrogens with one attached hydrogen (secondary N) is 1. The number of aryl methyl sites for hydroxylation is 2. The second kappa shape index (κ2) is 6.57. The summed E-state index contributed by atoms with van der Waals surface area (Å²) in [6.45, 7) is 3.92. The number of amides is 1. The largest absolute Gasteiger partial charge is 0.299 e. The fourth-order valence-electron chi connectivity index (χ4n) is 2.53. The molecular weight excluding hydrogens is 314 g/mol. The van der Waals surface area contributed by atoms with E-state index >= 15 is 0 Å². The number of fused-ring (bicyclic) bond motifs is 1. The molecule has 0 saturated heterocycles. The summed E-state index contributed by atoms with van der Waals surface area (Å²) in [7, 11) is 0. The molecular formula is C15H19N5O2S. The Balaban J connectivity index is 1.71. The van der Waals surface area contributed by atoms with E-state index in [0.717, 1.165) is 41.9 Å². The van der Waals surface area contributed by atoms with Crippen molar-refractivity contribution in [2.45, 2.75) is 52.0 Å². The Hall–Kier alpha value is -2.09. The zero-order valence-electron chi connectivity index (χ0n) is 13.2. The highest BCUT2D eigenvalue weighted by atomic mass is 32.1. The molecule has 1 aliphatic rings. The van der Waals surface area contributed by atoms with E-state index in [2.05, 4.69) is 20.6 Å². The van der Waals surface area contributed by atoms with Crippen LogP contribution >= 0.6 is 11.3 Å². The molecule has 1 aliphatic carbocycles. The van der Waals surface area contributed by atoms with Gasteiger partial charge >= 0.3 is 0 Å². The summed E-state index contributed by atoms with van der Waals surface area (Å²) in [4.78, 5) is 24.2. The minimum absolute atomic E-state index is 0.108. The van der Waals surface area contributed by atoms with Gasteiger partial charge in [-0.25, -0.2) is 4.68 Å². The van der Waals surface area contributed by atoms with Crippen LogP contribution in [0.25, 0.3) is 0 Å². The van der Waals surface area contributed by atoms with Gasteiger partial charge in [0.2, 0.25) is 11.0 Å². The number of hydrogen-bond acceptors (Lipinski definition) is 6. The highest BCUT2D eigenvalue weighted by Crippen LogP contribution is 2.22. The molecule has 0 saturated carbocycles. The molecule has 0 aromatic carbocycles. The molecule has 0 radical (unpaired) electrons. The molecule has 3 rings (SSSR count). The van der Waals surface area contributed by atoms with Gasteiger partial charge in [0.1, 0.15) is 11.6 Å². The van der Waals surface area contributed by atoms with Crippen molar-refractivity contribution in [2.75, 3.05) is 5.32 Å². The lowest BCUT2D eigenvalue weighted by Gasteiger charge is -2.15. The number of aromatic nitrogens is 4. The van der Waals surface area contributed by atoms with Crippen LogP contribution in [0.3, 0.4) is 0 Å². The van der Waals surface area contributed by atoms with Crippen LogP contribution < -0.4 is 10.9 Å². The molecule has 0 fully saturated rings. The van der Waals surface area contributed by atoms with Gasteiger partial charge in [0.05, 0.1) is 5.69 Å². The molecule has 0 bridgehead atoms. The number of anilines is 1. The lowest BCUT2D eigenvalue weighted by Crippen LogP contribution is -2.31. The maximum Gasteiger partial charge on any atom is 0.267 e. The molecule has 0 aliphatic heterocycles. The van der Waals surface area contributed by atoms with E-state index in [1.807, 2.05) is 13.8 Å². The van der Waals surface area contributed by atoms with Crippen molar-refractivity contribution in [3.05, 3.63) is 32.7 Å². The van der Waals surface area contributed by atoms with E-state index in [4.69, 9.17) is 0 Å². The normalized spacial score (nSPS) is 13.9. The molecule has 0 unspecified atom stereocenters. The molecule has 2 aromatic rings. The monoisotopic (exact) mass is 333 g/mol. The van der Waals surface area contributed by atoms with Crippen LogP contribution in [0, 0.1) is 0 Å². The van der Waals surface area contributed by atoms with E-state index in [1.54, 1.807) is 6.07 Å². The summed E-state index contributed by atoms with van der Waals surface area (Å²) in [5.74, 6) is -0.0510. The van der Waals surface area contributed by atoms with Crippen molar-refractivity contribution in [1.29, 1.82) is 0 Å². The SMILES string of the molecule is CC(C)c1nnc(NC(=O)Cn2nc3c(cc2=O)CCCC3)s1. The van der Waals surface area contributed by atoms with Crippen LogP contribution in [-0.2, 0) is 24.2 Å². The molecule has 0 spiro atoms. The maximum absolute atomic E-state index is 12.1. The molecule has 1 N–H and O–H groups in total. The Kier molecular flexibility index (Phi) is 4.51. The number of carbonyl (C=O) groups excluding carboxylic acids is 1. The summed E-state index contributed by atoms with van der Waals surface area (Å²) in [5, 5.41) is 16.3. The lowest BCUT2D eigenvalue weighted by molar-refractivity contribution is -0.117. The van der Waals surface area contributed by atoms with Crippen LogP contribution in [0.4, 0.5) is 5.13 Å². The third-order valence-electron chi connectivity index (χ3n) is 3.75. The first kappa shape index (κ1) is 15.8. The second-order valence-electron chi connectivity index (χ2n) is 5.97. The van der Waals surface area contributed by atoms with Crippen LogP contribution in [0.2, 0.25) is 0 Å². The Labute approximate surface area is 137 Å². The minimum Gasteiger partial charge on any atom is -0.299 e. The second-order valence-corrected chi connectivity index (χ2v) is 6.98. The summed E-state index contributed by atoms with van der Waals surface area (Å²) in [5.41, 5.74) is 1.71. The molecule has 0 atom stereocenters. The predicted molar refractivity (Wildman–Crippen MR) is 87.8 cm³/mol. The van der Waals surface area contributed by atoms with E-state index in [9.17, 15) is 9.59 Å². The van der Waals surface area contributed by atoms with Gasteiger partial charge in [-0.1, -0.05) is 25.2 Å².